The third kappa shape index (κ3) is 2.16. The molecule has 25 heavy (non-hydrogen) atoms. The lowest BCUT2D eigenvalue weighted by Crippen LogP contribution is -2.55. The second-order valence-corrected chi connectivity index (χ2v) is 6.37. The summed E-state index contributed by atoms with van der Waals surface area (Å²) in [7, 11) is 3.13. The van der Waals surface area contributed by atoms with Gasteiger partial charge >= 0.3 is 5.97 Å². The molecule has 2 aliphatic rings. The van der Waals surface area contributed by atoms with Crippen LogP contribution in [-0.4, -0.2) is 43.1 Å². The van der Waals surface area contributed by atoms with Crippen molar-refractivity contribution in [1.29, 1.82) is 0 Å². The van der Waals surface area contributed by atoms with Crippen LogP contribution in [0.5, 0.6) is 11.5 Å². The molecule has 130 valence electrons. The zero-order valence-electron chi connectivity index (χ0n) is 13.9. The largest absolute Gasteiger partial charge is 0.493 e. The van der Waals surface area contributed by atoms with E-state index in [1.54, 1.807) is 14.2 Å². The van der Waals surface area contributed by atoms with Gasteiger partial charge in [0.25, 0.3) is 0 Å². The lowest BCUT2D eigenvalue weighted by Gasteiger charge is -2.48. The van der Waals surface area contributed by atoms with Crippen LogP contribution in [0.15, 0.2) is 29.2 Å². The fourth-order valence-electron chi connectivity index (χ4n) is 3.62. The van der Waals surface area contributed by atoms with E-state index in [1.165, 1.54) is 12.3 Å². The first-order valence-corrected chi connectivity index (χ1v) is 7.82. The molecule has 0 bridgehead atoms. The lowest BCUT2D eigenvalue weighted by molar-refractivity contribution is -0.101. The highest BCUT2D eigenvalue weighted by atomic mass is 16.5. The van der Waals surface area contributed by atoms with Crippen LogP contribution in [0.1, 0.15) is 15.9 Å². The predicted octanol–water partition coefficient (Wildman–Crippen LogP) is 1.51. The van der Waals surface area contributed by atoms with Crippen molar-refractivity contribution in [3.05, 3.63) is 45.7 Å². The highest BCUT2D eigenvalue weighted by molar-refractivity contribution is 5.88. The quantitative estimate of drug-likeness (QED) is 0.909. The maximum absolute atomic E-state index is 12.3. The standard InChI is InChI=1S/C18H17NO6/c1-23-15-3-10-6-18(8-25-9-18)19-7-12(17(21)22)14(20)5-13(19)11(10)4-16(15)24-2/h3-5,7H,6,8-9H2,1-2H3,(H,21,22). The van der Waals surface area contributed by atoms with Crippen LogP contribution in [0.4, 0.5) is 0 Å². The fraction of sp³-hybridized carbons (Fsp3) is 0.333. The number of nitrogens with zero attached hydrogens (tertiary/aromatic N) is 1. The summed E-state index contributed by atoms with van der Waals surface area (Å²) in [6, 6.07) is 5.12. The fourth-order valence-corrected chi connectivity index (χ4v) is 3.62. The topological polar surface area (TPSA) is 87.0 Å². The summed E-state index contributed by atoms with van der Waals surface area (Å²) in [6.07, 6.45) is 2.10. The summed E-state index contributed by atoms with van der Waals surface area (Å²) in [5, 5.41) is 9.29. The van der Waals surface area contributed by atoms with Crippen LogP contribution < -0.4 is 14.9 Å². The SMILES string of the molecule is COc1cc2c(cc1OC)-c1cc(=O)c(C(=O)O)cn1C1(COC1)C2. The molecule has 7 heteroatoms. The summed E-state index contributed by atoms with van der Waals surface area (Å²) in [6.45, 7) is 0.936. The number of aromatic carboxylic acids is 1. The first-order chi connectivity index (χ1) is 12.0. The van der Waals surface area contributed by atoms with Crippen LogP contribution in [0.2, 0.25) is 0 Å². The van der Waals surface area contributed by atoms with Crippen LogP contribution in [0.3, 0.4) is 0 Å². The van der Waals surface area contributed by atoms with Crippen LogP contribution in [-0.2, 0) is 16.7 Å². The maximum Gasteiger partial charge on any atom is 0.341 e. The number of hydrogen-bond donors (Lipinski definition) is 1. The highest BCUT2D eigenvalue weighted by Gasteiger charge is 2.45. The number of carboxylic acid groups (broad SMARTS) is 1. The van der Waals surface area contributed by atoms with Gasteiger partial charge < -0.3 is 23.9 Å². The molecule has 1 aromatic heterocycles. The molecule has 0 unspecified atom stereocenters. The molecule has 1 aromatic carbocycles. The number of benzene rings is 1. The van der Waals surface area contributed by atoms with Gasteiger partial charge in [0, 0.05) is 24.2 Å². The Hall–Kier alpha value is -2.80. The molecule has 1 saturated heterocycles. The molecule has 1 fully saturated rings. The van der Waals surface area contributed by atoms with Gasteiger partial charge in [0.05, 0.1) is 38.7 Å². The Labute approximate surface area is 143 Å². The van der Waals surface area contributed by atoms with Gasteiger partial charge in [-0.15, -0.1) is 0 Å². The molecule has 4 rings (SSSR count). The molecule has 2 aliphatic heterocycles. The van der Waals surface area contributed by atoms with E-state index in [4.69, 9.17) is 14.2 Å². The number of pyridine rings is 1. The number of fused-ring (bicyclic) bond motifs is 4. The Morgan fingerprint density at radius 3 is 2.44 bits per heavy atom. The molecule has 7 nitrogen and oxygen atoms in total. The van der Waals surface area contributed by atoms with Crippen molar-refractivity contribution in [2.75, 3.05) is 27.4 Å². The summed E-state index contributed by atoms with van der Waals surface area (Å²) in [4.78, 5) is 23.6. The Morgan fingerprint density at radius 2 is 1.88 bits per heavy atom. The molecule has 0 radical (unpaired) electrons. The summed E-state index contributed by atoms with van der Waals surface area (Å²) >= 11 is 0. The predicted molar refractivity (Wildman–Crippen MR) is 88.7 cm³/mol. The van der Waals surface area contributed by atoms with E-state index in [9.17, 15) is 14.7 Å². The van der Waals surface area contributed by atoms with E-state index in [1.807, 2.05) is 16.7 Å². The number of carboxylic acids is 1. The van der Waals surface area contributed by atoms with Gasteiger partial charge in [-0.25, -0.2) is 4.79 Å². The zero-order chi connectivity index (χ0) is 17.8. The van der Waals surface area contributed by atoms with Crippen molar-refractivity contribution in [3.8, 4) is 22.8 Å². The molecular formula is C18H17NO6. The first-order valence-electron chi connectivity index (χ1n) is 7.82. The van der Waals surface area contributed by atoms with Gasteiger partial charge in [-0.1, -0.05) is 0 Å². The Bertz CT molecular complexity index is 941. The molecule has 0 atom stereocenters. The van der Waals surface area contributed by atoms with E-state index < -0.39 is 11.4 Å². The van der Waals surface area contributed by atoms with Crippen molar-refractivity contribution in [2.24, 2.45) is 0 Å². The minimum Gasteiger partial charge on any atom is -0.493 e. The number of ether oxygens (including phenoxy) is 3. The van der Waals surface area contributed by atoms with Gasteiger partial charge in [-0.05, 0) is 17.7 Å². The second kappa shape index (κ2) is 5.35. The molecule has 2 aromatic rings. The molecular weight excluding hydrogens is 326 g/mol. The Balaban J connectivity index is 2.01. The highest BCUT2D eigenvalue weighted by Crippen LogP contribution is 2.45. The lowest BCUT2D eigenvalue weighted by atomic mass is 9.81. The van der Waals surface area contributed by atoms with Gasteiger partial charge in [-0.2, -0.15) is 0 Å². The third-order valence-electron chi connectivity index (χ3n) is 4.94. The van der Waals surface area contributed by atoms with Crippen LogP contribution >= 0.6 is 0 Å². The maximum atomic E-state index is 12.3. The van der Waals surface area contributed by atoms with Crippen molar-refractivity contribution in [2.45, 2.75) is 12.0 Å². The van der Waals surface area contributed by atoms with Gasteiger partial charge in [0.15, 0.2) is 16.9 Å². The third-order valence-corrected chi connectivity index (χ3v) is 4.94. The Morgan fingerprint density at radius 1 is 1.20 bits per heavy atom. The van der Waals surface area contributed by atoms with Gasteiger partial charge in [-0.3, -0.25) is 4.79 Å². The van der Waals surface area contributed by atoms with Crippen molar-refractivity contribution < 1.29 is 24.1 Å². The summed E-state index contributed by atoms with van der Waals surface area (Å²) in [5.74, 6) is -0.0493. The summed E-state index contributed by atoms with van der Waals surface area (Å²) < 4.78 is 18.0. The molecule has 0 saturated carbocycles. The number of rotatable bonds is 3. The number of hydrogen-bond acceptors (Lipinski definition) is 5. The molecule has 1 spiro atoms. The second-order valence-electron chi connectivity index (χ2n) is 6.37. The van der Waals surface area contributed by atoms with E-state index in [-0.39, 0.29) is 11.1 Å². The average molecular weight is 343 g/mol. The smallest absolute Gasteiger partial charge is 0.341 e. The monoisotopic (exact) mass is 343 g/mol. The van der Waals surface area contributed by atoms with Gasteiger partial charge in [0.1, 0.15) is 5.56 Å². The van der Waals surface area contributed by atoms with E-state index in [0.29, 0.717) is 36.8 Å². The minimum absolute atomic E-state index is 0.237. The normalized spacial score (nSPS) is 16.6. The van der Waals surface area contributed by atoms with Gasteiger partial charge in [0.2, 0.25) is 0 Å². The van der Waals surface area contributed by atoms with Crippen LogP contribution in [0, 0.1) is 0 Å². The molecule has 1 N–H and O–H groups in total. The first kappa shape index (κ1) is 15.7. The van der Waals surface area contributed by atoms with Crippen LogP contribution in [0.25, 0.3) is 11.3 Å². The van der Waals surface area contributed by atoms with Crippen molar-refractivity contribution in [1.82, 2.24) is 4.57 Å². The van der Waals surface area contributed by atoms with E-state index in [2.05, 4.69) is 0 Å². The minimum atomic E-state index is -1.23. The molecule has 0 amide bonds. The van der Waals surface area contributed by atoms with Crippen molar-refractivity contribution in [3.63, 3.8) is 0 Å². The zero-order valence-corrected chi connectivity index (χ0v) is 13.9. The Kier molecular flexibility index (Phi) is 3.36. The van der Waals surface area contributed by atoms with Crippen molar-refractivity contribution >= 4 is 5.97 Å². The molecule has 3 heterocycles. The van der Waals surface area contributed by atoms with E-state index in [0.717, 1.165) is 11.1 Å². The number of aromatic nitrogens is 1. The average Bonchev–Trinajstić information content (AvgIpc) is 2.57. The number of methoxy groups -OCH3 is 2. The molecule has 0 aliphatic carbocycles. The summed E-state index contributed by atoms with van der Waals surface area (Å²) in [5.41, 5.74) is 1.39. The van der Waals surface area contributed by atoms with E-state index >= 15 is 0 Å². The number of carbonyl (C=O) groups is 1.